The highest BCUT2D eigenvalue weighted by atomic mass is 32.2. The summed E-state index contributed by atoms with van der Waals surface area (Å²) < 4.78 is 12.7. The Morgan fingerprint density at radius 1 is 1.00 bits per heavy atom. The minimum atomic E-state index is -1.23. The maximum absolute atomic E-state index is 12.7. The second kappa shape index (κ2) is 4.97. The number of nitrogens with one attached hydrogen (secondary N) is 1. The lowest BCUT2D eigenvalue weighted by Gasteiger charge is -2.13. The average Bonchev–Trinajstić information content (AvgIpc) is 2.57. The molecule has 0 bridgehead atoms. The van der Waals surface area contributed by atoms with E-state index in [2.05, 4.69) is 5.32 Å². The molecule has 0 saturated heterocycles. The molecule has 1 aliphatic rings. The summed E-state index contributed by atoms with van der Waals surface area (Å²) >= 11 is 0. The second-order valence-electron chi connectivity index (χ2n) is 4.45. The average molecular weight is 271 g/mol. The third-order valence-electron chi connectivity index (χ3n) is 3.18. The normalized spacial score (nSPS) is 22.2. The molecule has 19 heavy (non-hydrogen) atoms. The summed E-state index contributed by atoms with van der Waals surface area (Å²) in [4.78, 5) is 12.6. The van der Waals surface area contributed by atoms with Crippen LogP contribution in [0.15, 0.2) is 59.5 Å². The van der Waals surface area contributed by atoms with Crippen LogP contribution in [0.2, 0.25) is 0 Å². The highest BCUT2D eigenvalue weighted by Gasteiger charge is 2.28. The van der Waals surface area contributed by atoms with Crippen molar-refractivity contribution in [1.29, 1.82) is 0 Å². The third kappa shape index (κ3) is 2.31. The van der Waals surface area contributed by atoms with E-state index in [1.54, 1.807) is 6.07 Å². The van der Waals surface area contributed by atoms with E-state index in [-0.39, 0.29) is 17.6 Å². The lowest BCUT2D eigenvalue weighted by atomic mass is 10.1. The molecule has 0 fully saturated rings. The van der Waals surface area contributed by atoms with Gasteiger partial charge in [0, 0.05) is 6.42 Å². The molecule has 0 unspecified atom stereocenters. The summed E-state index contributed by atoms with van der Waals surface area (Å²) in [5.41, 5.74) is 1.59. The van der Waals surface area contributed by atoms with Crippen LogP contribution in [0.4, 0.5) is 5.69 Å². The molecular formula is C15H13NO2S. The summed E-state index contributed by atoms with van der Waals surface area (Å²) in [5, 5.41) is 2.53. The minimum Gasteiger partial charge on any atom is -0.325 e. The van der Waals surface area contributed by atoms with Crippen LogP contribution in [0, 0.1) is 0 Å². The van der Waals surface area contributed by atoms with E-state index >= 15 is 0 Å². The van der Waals surface area contributed by atoms with Crippen molar-refractivity contribution >= 4 is 22.4 Å². The fraction of sp³-hybridized carbons (Fsp3) is 0.133. The molecule has 0 aromatic heterocycles. The molecule has 0 spiro atoms. The van der Waals surface area contributed by atoms with Crippen LogP contribution < -0.4 is 5.32 Å². The van der Waals surface area contributed by atoms with E-state index in [1.165, 1.54) is 0 Å². The Hall–Kier alpha value is -1.94. The molecule has 96 valence electrons. The van der Waals surface area contributed by atoms with Crippen LogP contribution in [0.1, 0.15) is 17.2 Å². The van der Waals surface area contributed by atoms with Gasteiger partial charge in [-0.3, -0.25) is 9.00 Å². The fourth-order valence-electron chi connectivity index (χ4n) is 2.25. The molecule has 3 rings (SSSR count). The molecule has 0 aliphatic carbocycles. The van der Waals surface area contributed by atoms with Crippen molar-refractivity contribution in [2.45, 2.75) is 16.6 Å². The molecule has 4 heteroatoms. The maximum Gasteiger partial charge on any atom is 0.225 e. The number of fused-ring (bicyclic) bond motifs is 1. The lowest BCUT2D eigenvalue weighted by molar-refractivity contribution is -0.116. The van der Waals surface area contributed by atoms with Gasteiger partial charge in [-0.2, -0.15) is 0 Å². The molecule has 1 heterocycles. The number of carbonyl (C=O) groups excluding carboxylic acids is 1. The van der Waals surface area contributed by atoms with E-state index in [4.69, 9.17) is 0 Å². The number of benzene rings is 2. The number of carbonyl (C=O) groups is 1. The number of hydrogen-bond donors (Lipinski definition) is 1. The second-order valence-corrected chi connectivity index (χ2v) is 6.05. The van der Waals surface area contributed by atoms with Crippen molar-refractivity contribution in [3.05, 3.63) is 60.2 Å². The Morgan fingerprint density at radius 3 is 2.47 bits per heavy atom. The monoisotopic (exact) mass is 271 g/mol. The molecule has 0 saturated carbocycles. The summed E-state index contributed by atoms with van der Waals surface area (Å²) in [6.45, 7) is 0. The van der Waals surface area contributed by atoms with Gasteiger partial charge in [-0.15, -0.1) is 0 Å². The highest BCUT2D eigenvalue weighted by molar-refractivity contribution is 7.85. The topological polar surface area (TPSA) is 46.2 Å². The lowest BCUT2D eigenvalue weighted by Crippen LogP contribution is -2.13. The summed E-state index contributed by atoms with van der Waals surface area (Å²) in [6.07, 6.45) is 0.241. The molecule has 1 N–H and O–H groups in total. The van der Waals surface area contributed by atoms with Crippen molar-refractivity contribution in [3.63, 3.8) is 0 Å². The first-order valence-electron chi connectivity index (χ1n) is 6.10. The summed E-state index contributed by atoms with van der Waals surface area (Å²) in [7, 11) is -1.23. The molecule has 2 aromatic carbocycles. The summed E-state index contributed by atoms with van der Waals surface area (Å²) in [5.74, 6) is -0.0906. The SMILES string of the molecule is O=C1C[C@H](c2ccccc2)[S@@](=O)c2ccccc2N1. The van der Waals surface area contributed by atoms with E-state index in [0.717, 1.165) is 5.56 Å². The van der Waals surface area contributed by atoms with Crippen LogP contribution in [-0.4, -0.2) is 10.1 Å². The van der Waals surface area contributed by atoms with E-state index in [1.807, 2.05) is 48.5 Å². The molecule has 1 amide bonds. The van der Waals surface area contributed by atoms with Crippen molar-refractivity contribution in [1.82, 2.24) is 0 Å². The predicted molar refractivity (Wildman–Crippen MR) is 75.3 cm³/mol. The van der Waals surface area contributed by atoms with Crippen LogP contribution in [0.25, 0.3) is 0 Å². The van der Waals surface area contributed by atoms with Crippen LogP contribution in [0.3, 0.4) is 0 Å². The van der Waals surface area contributed by atoms with E-state index in [9.17, 15) is 9.00 Å². The minimum absolute atomic E-state index is 0.0906. The molecule has 2 atom stereocenters. The zero-order valence-corrected chi connectivity index (χ0v) is 11.0. The van der Waals surface area contributed by atoms with Gasteiger partial charge < -0.3 is 5.32 Å². The van der Waals surface area contributed by atoms with Gasteiger partial charge in [-0.05, 0) is 17.7 Å². The van der Waals surface area contributed by atoms with Gasteiger partial charge in [0.15, 0.2) is 0 Å². The Morgan fingerprint density at radius 2 is 1.68 bits per heavy atom. The molecule has 3 nitrogen and oxygen atoms in total. The quantitative estimate of drug-likeness (QED) is 0.867. The van der Waals surface area contributed by atoms with Crippen molar-refractivity contribution < 1.29 is 9.00 Å². The van der Waals surface area contributed by atoms with Gasteiger partial charge >= 0.3 is 0 Å². The first-order valence-corrected chi connectivity index (χ1v) is 7.31. The number of hydrogen-bond acceptors (Lipinski definition) is 2. The third-order valence-corrected chi connectivity index (χ3v) is 4.92. The molecular weight excluding hydrogens is 258 g/mol. The van der Waals surface area contributed by atoms with E-state index in [0.29, 0.717) is 10.6 Å². The number of amides is 1. The van der Waals surface area contributed by atoms with Crippen LogP contribution in [-0.2, 0) is 15.6 Å². The van der Waals surface area contributed by atoms with Gasteiger partial charge in [0.2, 0.25) is 5.91 Å². The highest BCUT2D eigenvalue weighted by Crippen LogP contribution is 2.34. The van der Waals surface area contributed by atoms with Crippen molar-refractivity contribution in [3.8, 4) is 0 Å². The Labute approximate surface area is 114 Å². The Kier molecular flexibility index (Phi) is 3.17. The summed E-state index contributed by atoms with van der Waals surface area (Å²) in [6, 6.07) is 16.8. The zero-order valence-electron chi connectivity index (χ0n) is 10.2. The van der Waals surface area contributed by atoms with Crippen LogP contribution >= 0.6 is 0 Å². The first-order chi connectivity index (χ1) is 9.25. The largest absolute Gasteiger partial charge is 0.325 e. The maximum atomic E-state index is 12.7. The fourth-order valence-corrected chi connectivity index (χ4v) is 3.82. The van der Waals surface area contributed by atoms with Gasteiger partial charge in [-0.1, -0.05) is 42.5 Å². The van der Waals surface area contributed by atoms with Crippen LogP contribution in [0.5, 0.6) is 0 Å². The molecule has 2 aromatic rings. The van der Waals surface area contributed by atoms with Gasteiger partial charge in [-0.25, -0.2) is 0 Å². The number of anilines is 1. The number of rotatable bonds is 1. The molecule has 1 aliphatic heterocycles. The smallest absolute Gasteiger partial charge is 0.225 e. The van der Waals surface area contributed by atoms with E-state index < -0.39 is 10.8 Å². The zero-order chi connectivity index (χ0) is 13.2. The first kappa shape index (κ1) is 12.1. The standard InChI is InChI=1S/C15H13NO2S/c17-15-10-14(11-6-2-1-3-7-11)19(18)13-9-5-4-8-12(13)16-15/h1-9,14H,10H2,(H,16,17)/t14-,19+/m1/s1. The van der Waals surface area contributed by atoms with Gasteiger partial charge in [0.25, 0.3) is 0 Å². The van der Waals surface area contributed by atoms with Crippen molar-refractivity contribution in [2.75, 3.05) is 5.32 Å². The Bertz CT molecular complexity index is 640. The van der Waals surface area contributed by atoms with Gasteiger partial charge in [0.05, 0.1) is 26.6 Å². The van der Waals surface area contributed by atoms with Gasteiger partial charge in [0.1, 0.15) is 0 Å². The van der Waals surface area contributed by atoms with Crippen molar-refractivity contribution in [2.24, 2.45) is 0 Å². The predicted octanol–water partition coefficient (Wildman–Crippen LogP) is 2.88. The number of para-hydroxylation sites is 1. The molecule has 0 radical (unpaired) electrons. The Balaban J connectivity index is 2.08.